The number of hydrogen-bond donors (Lipinski definition) is 0. The van der Waals surface area contributed by atoms with Crippen LogP contribution in [0.25, 0.3) is 187 Å². The molecule has 0 aliphatic rings. The van der Waals surface area contributed by atoms with Crippen molar-refractivity contribution in [3.8, 4) is 55.9 Å². The third-order valence-corrected chi connectivity index (χ3v) is 18.9. The van der Waals surface area contributed by atoms with Crippen LogP contribution in [0.4, 0.5) is 0 Å². The van der Waals surface area contributed by atoms with Crippen molar-refractivity contribution in [3.05, 3.63) is 324 Å². The van der Waals surface area contributed by atoms with E-state index in [1.54, 1.807) is 0 Å². The largest absolute Gasteiger partial charge is 0.456 e. The van der Waals surface area contributed by atoms with E-state index in [4.69, 9.17) is 17.7 Å². The Morgan fingerprint density at radius 3 is 1.15 bits per heavy atom. The third-order valence-electron chi connectivity index (χ3n) is 18.9. The Hall–Kier alpha value is -12.8. The molecule has 0 aliphatic heterocycles. The molecule has 0 unspecified atom stereocenters. The van der Waals surface area contributed by atoms with E-state index < -0.39 is 0 Å². The van der Waals surface area contributed by atoms with Crippen LogP contribution < -0.4 is 11.3 Å². The van der Waals surface area contributed by atoms with Gasteiger partial charge in [0, 0.05) is 65.2 Å². The summed E-state index contributed by atoms with van der Waals surface area (Å²) in [5.41, 5.74) is 18.7. The number of furan rings is 2. The first-order valence-corrected chi connectivity index (χ1v) is 31.4. The zero-order chi connectivity index (χ0) is 62.1. The number of benzene rings is 14. The van der Waals surface area contributed by atoms with Crippen LogP contribution in [0.1, 0.15) is 0 Å². The summed E-state index contributed by atoms with van der Waals surface area (Å²) in [6, 6.07) is 104. The van der Waals surface area contributed by atoms with Crippen molar-refractivity contribution in [2.24, 2.45) is 0 Å². The van der Waals surface area contributed by atoms with E-state index in [0.29, 0.717) is 21.9 Å². The van der Waals surface area contributed by atoms with Crippen LogP contribution in [0.3, 0.4) is 0 Å². The first kappa shape index (κ1) is 53.1. The minimum atomic E-state index is -0.352. The molecule has 0 spiro atoms. The molecule has 94 heavy (non-hydrogen) atoms. The van der Waals surface area contributed by atoms with Crippen LogP contribution in [-0.4, -0.2) is 9.13 Å². The number of nitrogens with zero attached hydrogens (tertiary/aromatic N) is 2. The standard InChI is InChI=1S/2C43H25NO3/c45-43-35-24-26(30-15-9-19-39-42(30)34-13-5-7-18-38(34)46-39)20-22-31(35)32-23-21-27(25-40(32)47-43)29-14-8-17-37-41(29)33-12-4-6-16-36(33)44(37)28-10-2-1-3-11-28;45-43-36-24-28(30-13-8-16-40-42(30)34-12-5-7-15-39(34)46-40)18-20-31(36)33-21-17-27(25-41(33)47-43)26-19-22-38-35(23-26)32-11-4-6-14-37(32)44(38)29-9-2-1-3-10-29/h2*1-25H. The Morgan fingerprint density at radius 1 is 0.202 bits per heavy atom. The molecule has 8 heteroatoms. The molecule has 0 bridgehead atoms. The van der Waals surface area contributed by atoms with Gasteiger partial charge in [-0.2, -0.15) is 0 Å². The second-order valence-electron chi connectivity index (χ2n) is 24.1. The van der Waals surface area contributed by atoms with E-state index in [9.17, 15) is 9.59 Å². The predicted octanol–water partition coefficient (Wildman–Crippen LogP) is 22.6. The zero-order valence-electron chi connectivity index (χ0n) is 50.2. The first-order valence-electron chi connectivity index (χ1n) is 31.4. The highest BCUT2D eigenvalue weighted by Gasteiger charge is 2.21. The molecule has 0 atom stereocenters. The summed E-state index contributed by atoms with van der Waals surface area (Å²) in [6.07, 6.45) is 0. The number of aromatic nitrogens is 2. The molecule has 440 valence electrons. The molecule has 14 aromatic carbocycles. The summed E-state index contributed by atoms with van der Waals surface area (Å²) in [4.78, 5) is 27.1. The van der Waals surface area contributed by atoms with Gasteiger partial charge in [0.05, 0.1) is 32.8 Å². The third kappa shape index (κ3) is 8.26. The van der Waals surface area contributed by atoms with Gasteiger partial charge in [0.2, 0.25) is 0 Å². The van der Waals surface area contributed by atoms with Crippen LogP contribution in [-0.2, 0) is 0 Å². The Morgan fingerprint density at radius 2 is 0.574 bits per heavy atom. The van der Waals surface area contributed by atoms with Gasteiger partial charge in [0.1, 0.15) is 33.5 Å². The summed E-state index contributed by atoms with van der Waals surface area (Å²) >= 11 is 0. The van der Waals surface area contributed by atoms with Crippen LogP contribution in [0.5, 0.6) is 0 Å². The Bertz CT molecular complexity index is 6660. The lowest BCUT2D eigenvalue weighted by atomic mass is 9.95. The average Bonchev–Trinajstić information content (AvgIpc) is 1.50. The maximum Gasteiger partial charge on any atom is 0.344 e. The van der Waals surface area contributed by atoms with E-state index in [1.165, 1.54) is 27.1 Å². The molecular weight excluding hydrogens is 1160 g/mol. The van der Waals surface area contributed by atoms with E-state index >= 15 is 0 Å². The lowest BCUT2D eigenvalue weighted by molar-refractivity contribution is 0.569. The Labute approximate surface area is 534 Å². The van der Waals surface area contributed by atoms with Gasteiger partial charge in [-0.3, -0.25) is 0 Å². The predicted molar refractivity (Wildman–Crippen MR) is 385 cm³/mol. The van der Waals surface area contributed by atoms with Gasteiger partial charge in [-0.15, -0.1) is 0 Å². The number of fused-ring (bicyclic) bond motifs is 18. The van der Waals surface area contributed by atoms with Crippen molar-refractivity contribution < 1.29 is 17.7 Å². The van der Waals surface area contributed by atoms with Crippen molar-refractivity contribution in [1.82, 2.24) is 9.13 Å². The molecule has 6 heterocycles. The van der Waals surface area contributed by atoms with Gasteiger partial charge in [-0.1, -0.05) is 188 Å². The van der Waals surface area contributed by atoms with E-state index in [1.807, 2.05) is 109 Å². The van der Waals surface area contributed by atoms with Crippen molar-refractivity contribution in [3.63, 3.8) is 0 Å². The molecular formula is C86H50N2O6. The molecule has 0 fully saturated rings. The molecule has 0 amide bonds. The van der Waals surface area contributed by atoms with E-state index in [2.05, 4.69) is 203 Å². The smallest absolute Gasteiger partial charge is 0.344 e. The SMILES string of the molecule is O=c1oc2cc(-c3ccc4c(c3)c3ccccc3n4-c3ccccc3)ccc2c2ccc(-c3cccc4oc5ccccc5c34)cc12.O=c1oc2cc(-c3cccc4c3c3ccccc3n4-c3ccccc3)ccc2c2ccc(-c3cccc4oc5ccccc5c34)cc12. The summed E-state index contributed by atoms with van der Waals surface area (Å²) in [7, 11) is 0. The second-order valence-corrected chi connectivity index (χ2v) is 24.1. The van der Waals surface area contributed by atoms with Crippen LogP contribution in [0, 0.1) is 0 Å². The van der Waals surface area contributed by atoms with Gasteiger partial charge in [-0.05, 0) is 171 Å². The van der Waals surface area contributed by atoms with Gasteiger partial charge in [-0.25, -0.2) is 9.59 Å². The quantitative estimate of drug-likeness (QED) is 0.122. The fourth-order valence-corrected chi connectivity index (χ4v) is 14.7. The summed E-state index contributed by atoms with van der Waals surface area (Å²) in [6.45, 7) is 0. The summed E-state index contributed by atoms with van der Waals surface area (Å²) < 4.78 is 28.9. The molecule has 20 rings (SSSR count). The lowest BCUT2D eigenvalue weighted by Crippen LogP contribution is -2.00. The maximum absolute atomic E-state index is 13.6. The summed E-state index contributed by atoms with van der Waals surface area (Å²) in [5.74, 6) is 0. The monoisotopic (exact) mass is 1210 g/mol. The van der Waals surface area contributed by atoms with Crippen LogP contribution in [0.2, 0.25) is 0 Å². The topological polar surface area (TPSA) is 96.6 Å². The number of rotatable bonds is 6. The fraction of sp³-hybridized carbons (Fsp3) is 0. The normalized spacial score (nSPS) is 11.9. The van der Waals surface area contributed by atoms with Gasteiger partial charge in [0.15, 0.2) is 0 Å². The van der Waals surface area contributed by atoms with Crippen molar-refractivity contribution in [2.75, 3.05) is 0 Å². The lowest BCUT2D eigenvalue weighted by Gasteiger charge is -2.10. The molecule has 6 aromatic heterocycles. The average molecular weight is 1210 g/mol. The molecule has 20 aromatic rings. The van der Waals surface area contributed by atoms with Crippen molar-refractivity contribution >= 4 is 131 Å². The molecule has 0 N–H and O–H groups in total. The number of para-hydroxylation sites is 6. The van der Waals surface area contributed by atoms with Crippen molar-refractivity contribution in [2.45, 2.75) is 0 Å². The first-order chi connectivity index (χ1) is 46.4. The highest BCUT2D eigenvalue weighted by molar-refractivity contribution is 6.19. The van der Waals surface area contributed by atoms with Crippen LogP contribution >= 0.6 is 0 Å². The Kier molecular flexibility index (Phi) is 11.8. The van der Waals surface area contributed by atoms with E-state index in [-0.39, 0.29) is 11.3 Å². The number of hydrogen-bond acceptors (Lipinski definition) is 6. The minimum absolute atomic E-state index is 0.350. The molecule has 0 saturated heterocycles. The highest BCUT2D eigenvalue weighted by Crippen LogP contribution is 2.44. The molecule has 0 saturated carbocycles. The minimum Gasteiger partial charge on any atom is -0.456 e. The summed E-state index contributed by atoms with van der Waals surface area (Å²) in [5, 5.41) is 13.6. The van der Waals surface area contributed by atoms with Gasteiger partial charge >= 0.3 is 11.3 Å². The molecule has 8 nitrogen and oxygen atoms in total. The van der Waals surface area contributed by atoms with Crippen LogP contribution in [0.15, 0.2) is 331 Å². The fourth-order valence-electron chi connectivity index (χ4n) is 14.7. The van der Waals surface area contributed by atoms with Gasteiger partial charge < -0.3 is 26.8 Å². The van der Waals surface area contributed by atoms with E-state index in [0.717, 1.165) is 138 Å². The Balaban J connectivity index is 0.000000133. The maximum atomic E-state index is 13.6. The zero-order valence-corrected chi connectivity index (χ0v) is 50.2. The van der Waals surface area contributed by atoms with Crippen molar-refractivity contribution in [1.29, 1.82) is 0 Å². The second kappa shape index (κ2) is 20.9. The van der Waals surface area contributed by atoms with Gasteiger partial charge in [0.25, 0.3) is 0 Å². The molecule has 0 radical (unpaired) electrons. The highest BCUT2D eigenvalue weighted by atomic mass is 16.4. The molecule has 0 aliphatic carbocycles.